The molecule has 1 aliphatic carbocycles. The standard InChI is InChI=1S/C17H26N2/c1-13-7-8-16(11-14(13)2)17(12-18)19-10-9-15-5-3-4-6-15/h5,7-8,11,17,19H,3-4,6,9-10,12,18H2,1-2H3. The van der Waals surface area contributed by atoms with Gasteiger partial charge in [0.05, 0.1) is 0 Å². The van der Waals surface area contributed by atoms with Crippen LogP contribution in [0, 0.1) is 13.8 Å². The second-order valence-electron chi connectivity index (χ2n) is 5.59. The number of allylic oxidation sites excluding steroid dienone is 1. The van der Waals surface area contributed by atoms with Gasteiger partial charge in [0.25, 0.3) is 0 Å². The van der Waals surface area contributed by atoms with E-state index in [9.17, 15) is 0 Å². The molecular weight excluding hydrogens is 232 g/mol. The lowest BCUT2D eigenvalue weighted by molar-refractivity contribution is 0.542. The van der Waals surface area contributed by atoms with E-state index in [0.29, 0.717) is 6.54 Å². The predicted octanol–water partition coefficient (Wildman–Crippen LogP) is 3.39. The van der Waals surface area contributed by atoms with E-state index in [-0.39, 0.29) is 6.04 Å². The SMILES string of the molecule is Cc1ccc(C(CN)NCCC2=CCCC2)cc1C. The van der Waals surface area contributed by atoms with E-state index in [1.165, 1.54) is 42.4 Å². The molecule has 0 bridgehead atoms. The van der Waals surface area contributed by atoms with Gasteiger partial charge >= 0.3 is 0 Å². The summed E-state index contributed by atoms with van der Waals surface area (Å²) in [5, 5.41) is 3.59. The molecule has 104 valence electrons. The molecule has 1 aliphatic rings. The highest BCUT2D eigenvalue weighted by Gasteiger charge is 2.10. The molecule has 0 spiro atoms. The molecule has 2 heteroatoms. The highest BCUT2D eigenvalue weighted by molar-refractivity contribution is 5.31. The van der Waals surface area contributed by atoms with Crippen LogP contribution in [-0.4, -0.2) is 13.1 Å². The summed E-state index contributed by atoms with van der Waals surface area (Å²) in [5.41, 5.74) is 11.5. The Labute approximate surface area is 117 Å². The Morgan fingerprint density at radius 2 is 2.11 bits per heavy atom. The maximum absolute atomic E-state index is 5.91. The Morgan fingerprint density at radius 3 is 2.74 bits per heavy atom. The van der Waals surface area contributed by atoms with Crippen LogP contribution in [0.15, 0.2) is 29.8 Å². The number of hydrogen-bond acceptors (Lipinski definition) is 2. The van der Waals surface area contributed by atoms with E-state index in [1.807, 2.05) is 0 Å². The minimum Gasteiger partial charge on any atom is -0.329 e. The summed E-state index contributed by atoms with van der Waals surface area (Å²) >= 11 is 0. The fraction of sp³-hybridized carbons (Fsp3) is 0.529. The molecule has 0 saturated carbocycles. The van der Waals surface area contributed by atoms with Gasteiger partial charge in [0.2, 0.25) is 0 Å². The second kappa shape index (κ2) is 6.88. The monoisotopic (exact) mass is 258 g/mol. The van der Waals surface area contributed by atoms with Crippen molar-refractivity contribution in [1.82, 2.24) is 5.32 Å². The summed E-state index contributed by atoms with van der Waals surface area (Å²) in [5.74, 6) is 0. The van der Waals surface area contributed by atoms with E-state index in [1.54, 1.807) is 5.57 Å². The van der Waals surface area contributed by atoms with Crippen LogP contribution in [0.4, 0.5) is 0 Å². The van der Waals surface area contributed by atoms with Crippen molar-refractivity contribution in [3.63, 3.8) is 0 Å². The molecule has 2 rings (SSSR count). The number of nitrogens with one attached hydrogen (secondary N) is 1. The summed E-state index contributed by atoms with van der Waals surface area (Å²) in [6, 6.07) is 6.92. The van der Waals surface area contributed by atoms with Gasteiger partial charge in [0.1, 0.15) is 0 Å². The molecule has 0 aromatic heterocycles. The summed E-state index contributed by atoms with van der Waals surface area (Å²) in [6.07, 6.45) is 7.47. The average Bonchev–Trinajstić information content (AvgIpc) is 2.91. The Hall–Kier alpha value is -1.12. The lowest BCUT2D eigenvalue weighted by Gasteiger charge is -2.18. The van der Waals surface area contributed by atoms with E-state index in [0.717, 1.165) is 6.54 Å². The molecule has 0 radical (unpaired) electrons. The average molecular weight is 258 g/mol. The molecule has 0 saturated heterocycles. The highest BCUT2D eigenvalue weighted by atomic mass is 14.9. The van der Waals surface area contributed by atoms with E-state index in [4.69, 9.17) is 5.73 Å². The van der Waals surface area contributed by atoms with Gasteiger partial charge in [-0.25, -0.2) is 0 Å². The van der Waals surface area contributed by atoms with Crippen LogP contribution in [0.1, 0.15) is 48.4 Å². The molecule has 1 aromatic carbocycles. The first kappa shape index (κ1) is 14.3. The topological polar surface area (TPSA) is 38.0 Å². The van der Waals surface area contributed by atoms with Gasteiger partial charge < -0.3 is 11.1 Å². The van der Waals surface area contributed by atoms with Crippen LogP contribution in [0.2, 0.25) is 0 Å². The molecular formula is C17H26N2. The molecule has 19 heavy (non-hydrogen) atoms. The van der Waals surface area contributed by atoms with E-state index in [2.05, 4.69) is 43.4 Å². The molecule has 2 nitrogen and oxygen atoms in total. The lowest BCUT2D eigenvalue weighted by Crippen LogP contribution is -2.29. The van der Waals surface area contributed by atoms with Crippen LogP contribution in [0.3, 0.4) is 0 Å². The Bertz CT molecular complexity index is 449. The van der Waals surface area contributed by atoms with Gasteiger partial charge in [-0.2, -0.15) is 0 Å². The first-order chi connectivity index (χ1) is 9.20. The third kappa shape index (κ3) is 3.92. The Balaban J connectivity index is 1.89. The van der Waals surface area contributed by atoms with Gasteiger partial charge in [0.15, 0.2) is 0 Å². The van der Waals surface area contributed by atoms with E-state index >= 15 is 0 Å². The minimum absolute atomic E-state index is 0.279. The number of hydrogen-bond donors (Lipinski definition) is 2. The normalized spacial score (nSPS) is 16.5. The quantitative estimate of drug-likeness (QED) is 0.768. The van der Waals surface area contributed by atoms with Crippen molar-refractivity contribution in [2.45, 2.75) is 45.6 Å². The molecule has 0 heterocycles. The first-order valence-electron chi connectivity index (χ1n) is 7.39. The zero-order chi connectivity index (χ0) is 13.7. The Morgan fingerprint density at radius 1 is 1.26 bits per heavy atom. The number of benzene rings is 1. The molecule has 3 N–H and O–H groups in total. The third-order valence-electron chi connectivity index (χ3n) is 4.14. The number of rotatable bonds is 6. The summed E-state index contributed by atoms with van der Waals surface area (Å²) in [7, 11) is 0. The minimum atomic E-state index is 0.279. The molecule has 1 aromatic rings. The summed E-state index contributed by atoms with van der Waals surface area (Å²) in [4.78, 5) is 0. The van der Waals surface area contributed by atoms with Gasteiger partial charge in [-0.1, -0.05) is 29.8 Å². The van der Waals surface area contributed by atoms with Crippen molar-refractivity contribution >= 4 is 0 Å². The van der Waals surface area contributed by atoms with Crippen LogP contribution < -0.4 is 11.1 Å². The molecule has 1 atom stereocenters. The maximum atomic E-state index is 5.91. The number of nitrogens with two attached hydrogens (primary N) is 1. The van der Waals surface area contributed by atoms with Crippen LogP contribution in [0.5, 0.6) is 0 Å². The fourth-order valence-corrected chi connectivity index (χ4v) is 2.69. The van der Waals surface area contributed by atoms with Crippen LogP contribution in [0.25, 0.3) is 0 Å². The van der Waals surface area contributed by atoms with Gasteiger partial charge in [-0.05, 0) is 62.8 Å². The molecule has 1 unspecified atom stereocenters. The zero-order valence-electron chi connectivity index (χ0n) is 12.2. The van der Waals surface area contributed by atoms with Crippen molar-refractivity contribution in [3.05, 3.63) is 46.5 Å². The van der Waals surface area contributed by atoms with Crippen LogP contribution in [-0.2, 0) is 0 Å². The zero-order valence-corrected chi connectivity index (χ0v) is 12.2. The fourth-order valence-electron chi connectivity index (χ4n) is 2.69. The molecule has 0 fully saturated rings. The maximum Gasteiger partial charge on any atom is 0.0444 e. The summed E-state index contributed by atoms with van der Waals surface area (Å²) < 4.78 is 0. The van der Waals surface area contributed by atoms with Crippen molar-refractivity contribution in [1.29, 1.82) is 0 Å². The van der Waals surface area contributed by atoms with E-state index < -0.39 is 0 Å². The second-order valence-corrected chi connectivity index (χ2v) is 5.59. The first-order valence-corrected chi connectivity index (χ1v) is 7.39. The van der Waals surface area contributed by atoms with Gasteiger partial charge in [0, 0.05) is 12.6 Å². The molecule has 0 aliphatic heterocycles. The molecule has 0 amide bonds. The summed E-state index contributed by atoms with van der Waals surface area (Å²) in [6.45, 7) is 5.99. The largest absolute Gasteiger partial charge is 0.329 e. The van der Waals surface area contributed by atoms with Crippen molar-refractivity contribution < 1.29 is 0 Å². The third-order valence-corrected chi connectivity index (χ3v) is 4.14. The smallest absolute Gasteiger partial charge is 0.0444 e. The van der Waals surface area contributed by atoms with Crippen molar-refractivity contribution in [2.75, 3.05) is 13.1 Å². The predicted molar refractivity (Wildman–Crippen MR) is 82.3 cm³/mol. The van der Waals surface area contributed by atoms with Gasteiger partial charge in [-0.3, -0.25) is 0 Å². The van der Waals surface area contributed by atoms with Crippen molar-refractivity contribution in [3.8, 4) is 0 Å². The van der Waals surface area contributed by atoms with Crippen LogP contribution >= 0.6 is 0 Å². The highest BCUT2D eigenvalue weighted by Crippen LogP contribution is 2.21. The number of aryl methyl sites for hydroxylation is 2. The van der Waals surface area contributed by atoms with Gasteiger partial charge in [-0.15, -0.1) is 0 Å². The lowest BCUT2D eigenvalue weighted by atomic mass is 10.0. The van der Waals surface area contributed by atoms with Crippen molar-refractivity contribution in [2.24, 2.45) is 5.73 Å². The Kier molecular flexibility index (Phi) is 5.17.